The highest BCUT2D eigenvalue weighted by Gasteiger charge is 2.43. The molecule has 1 N–H and O–H groups in total. The summed E-state index contributed by atoms with van der Waals surface area (Å²) in [6.45, 7) is 8.06. The first-order valence-electron chi connectivity index (χ1n) is 9.58. The number of rotatable bonds is 6. The van der Waals surface area contributed by atoms with E-state index in [4.69, 9.17) is 9.47 Å². The van der Waals surface area contributed by atoms with Crippen molar-refractivity contribution in [3.05, 3.63) is 0 Å². The summed E-state index contributed by atoms with van der Waals surface area (Å²) in [5.74, 6) is 1.79. The van der Waals surface area contributed by atoms with Gasteiger partial charge in [-0.15, -0.1) is 0 Å². The number of ether oxygens (including phenoxy) is 2. The first-order chi connectivity index (χ1) is 11.3. The number of hydrogen-bond acceptors (Lipinski definition) is 4. The van der Waals surface area contributed by atoms with Crippen molar-refractivity contribution in [3.63, 3.8) is 0 Å². The van der Waals surface area contributed by atoms with Crippen LogP contribution in [0.5, 0.6) is 0 Å². The summed E-state index contributed by atoms with van der Waals surface area (Å²) in [7, 11) is 1.81. The monoisotopic (exact) mass is 338 g/mol. The minimum absolute atomic E-state index is 0.138. The molecule has 1 saturated heterocycles. The summed E-state index contributed by atoms with van der Waals surface area (Å²) in [4.78, 5) is 14.0. The molecular weight excluding hydrogens is 304 g/mol. The topological polar surface area (TPSA) is 50.8 Å². The Hall–Kier alpha value is -0.810. The molecule has 3 rings (SSSR count). The number of hydrogen-bond donors (Lipinski definition) is 1. The molecule has 0 aromatic carbocycles. The number of methoxy groups -OCH3 is 1. The Labute approximate surface area is 146 Å². The van der Waals surface area contributed by atoms with Gasteiger partial charge >= 0.3 is 6.09 Å². The molecule has 138 valence electrons. The van der Waals surface area contributed by atoms with E-state index in [1.807, 2.05) is 32.8 Å². The molecule has 0 aromatic heterocycles. The SMILES string of the molecule is COC1(CNC(C2CC2)C2CC2)CCN(C(=O)OC(C)(C)C)CC1. The quantitative estimate of drug-likeness (QED) is 0.808. The van der Waals surface area contributed by atoms with Gasteiger partial charge in [0.05, 0.1) is 5.60 Å². The van der Waals surface area contributed by atoms with E-state index in [1.165, 1.54) is 25.7 Å². The molecule has 0 spiro atoms. The summed E-state index contributed by atoms with van der Waals surface area (Å²) in [5.41, 5.74) is -0.573. The van der Waals surface area contributed by atoms with E-state index < -0.39 is 5.60 Å². The Balaban J connectivity index is 1.49. The van der Waals surface area contributed by atoms with Gasteiger partial charge in [-0.3, -0.25) is 0 Å². The van der Waals surface area contributed by atoms with Crippen molar-refractivity contribution in [2.45, 2.75) is 76.5 Å². The molecule has 2 aliphatic carbocycles. The molecule has 0 unspecified atom stereocenters. The third-order valence-corrected chi connectivity index (χ3v) is 5.68. The van der Waals surface area contributed by atoms with E-state index in [2.05, 4.69) is 5.32 Å². The van der Waals surface area contributed by atoms with Crippen molar-refractivity contribution in [1.29, 1.82) is 0 Å². The lowest BCUT2D eigenvalue weighted by Crippen LogP contribution is -2.54. The zero-order valence-electron chi connectivity index (χ0n) is 15.8. The standard InChI is InChI=1S/C19H34N2O3/c1-18(2,3)24-17(22)21-11-9-19(23-4,10-12-21)13-20-16(14-5-6-14)15-7-8-15/h14-16,20H,5-13H2,1-4H3. The van der Waals surface area contributed by atoms with Crippen LogP contribution >= 0.6 is 0 Å². The van der Waals surface area contributed by atoms with Gasteiger partial charge in [0.1, 0.15) is 5.60 Å². The number of likely N-dealkylation sites (tertiary alicyclic amines) is 1. The molecule has 0 aromatic rings. The van der Waals surface area contributed by atoms with Crippen molar-refractivity contribution in [1.82, 2.24) is 10.2 Å². The molecule has 1 aliphatic heterocycles. The first-order valence-corrected chi connectivity index (χ1v) is 9.58. The molecule has 1 amide bonds. The zero-order valence-corrected chi connectivity index (χ0v) is 15.8. The molecule has 5 heteroatoms. The molecule has 3 aliphatic rings. The van der Waals surface area contributed by atoms with E-state index in [0.717, 1.165) is 31.2 Å². The van der Waals surface area contributed by atoms with Crippen LogP contribution < -0.4 is 5.32 Å². The molecule has 3 fully saturated rings. The maximum absolute atomic E-state index is 12.2. The average Bonchev–Trinajstić information content (AvgIpc) is 3.40. The van der Waals surface area contributed by atoms with E-state index in [0.29, 0.717) is 19.1 Å². The van der Waals surface area contributed by atoms with Crippen LogP contribution in [0, 0.1) is 11.8 Å². The van der Waals surface area contributed by atoms with E-state index in [9.17, 15) is 4.79 Å². The Morgan fingerprint density at radius 1 is 1.17 bits per heavy atom. The highest BCUT2D eigenvalue weighted by atomic mass is 16.6. The second kappa shape index (κ2) is 6.83. The van der Waals surface area contributed by atoms with Crippen molar-refractivity contribution < 1.29 is 14.3 Å². The third kappa shape index (κ3) is 4.63. The van der Waals surface area contributed by atoms with Gasteiger partial charge in [-0.1, -0.05) is 0 Å². The number of amides is 1. The molecule has 0 atom stereocenters. The van der Waals surface area contributed by atoms with Crippen LogP contribution in [0.1, 0.15) is 59.3 Å². The fraction of sp³-hybridized carbons (Fsp3) is 0.947. The van der Waals surface area contributed by atoms with Gasteiger partial charge in [0, 0.05) is 32.8 Å². The van der Waals surface area contributed by atoms with Crippen LogP contribution in [0.15, 0.2) is 0 Å². The van der Waals surface area contributed by atoms with E-state index >= 15 is 0 Å². The molecular formula is C19H34N2O3. The normalized spacial score (nSPS) is 24.3. The molecule has 1 heterocycles. The van der Waals surface area contributed by atoms with Gasteiger partial charge in [-0.05, 0) is 71.1 Å². The lowest BCUT2D eigenvalue weighted by molar-refractivity contribution is -0.0605. The molecule has 24 heavy (non-hydrogen) atoms. The lowest BCUT2D eigenvalue weighted by atomic mass is 9.90. The van der Waals surface area contributed by atoms with Gasteiger partial charge in [-0.2, -0.15) is 0 Å². The first kappa shape index (κ1) is 18.0. The molecule has 0 radical (unpaired) electrons. The second-order valence-electron chi connectivity index (χ2n) is 8.94. The fourth-order valence-electron chi connectivity index (χ4n) is 3.81. The van der Waals surface area contributed by atoms with Crippen LogP contribution in [0.2, 0.25) is 0 Å². The molecule has 5 nitrogen and oxygen atoms in total. The Bertz CT molecular complexity index is 432. The maximum atomic E-state index is 12.2. The average molecular weight is 338 g/mol. The highest BCUT2D eigenvalue weighted by molar-refractivity contribution is 5.68. The van der Waals surface area contributed by atoms with Gasteiger partial charge in [-0.25, -0.2) is 4.79 Å². The predicted molar refractivity (Wildman–Crippen MR) is 94.0 cm³/mol. The number of nitrogens with one attached hydrogen (secondary N) is 1. The second-order valence-corrected chi connectivity index (χ2v) is 8.94. The summed E-state index contributed by atoms with van der Waals surface area (Å²) >= 11 is 0. The van der Waals surface area contributed by atoms with Crippen LogP contribution in [0.4, 0.5) is 4.79 Å². The number of carbonyl (C=O) groups excluding carboxylic acids is 1. The minimum atomic E-state index is -0.434. The smallest absolute Gasteiger partial charge is 0.410 e. The number of nitrogens with zero attached hydrogens (tertiary/aromatic N) is 1. The van der Waals surface area contributed by atoms with Crippen molar-refractivity contribution in [2.75, 3.05) is 26.7 Å². The van der Waals surface area contributed by atoms with Gasteiger partial charge in [0.25, 0.3) is 0 Å². The fourth-order valence-corrected chi connectivity index (χ4v) is 3.81. The van der Waals surface area contributed by atoms with Gasteiger partial charge < -0.3 is 19.7 Å². The summed E-state index contributed by atoms with van der Waals surface area (Å²) < 4.78 is 11.4. The lowest BCUT2D eigenvalue weighted by Gasteiger charge is -2.42. The number of piperidine rings is 1. The number of carbonyl (C=O) groups is 1. The Morgan fingerprint density at radius 2 is 1.71 bits per heavy atom. The van der Waals surface area contributed by atoms with Crippen LogP contribution in [-0.4, -0.2) is 55.0 Å². The largest absolute Gasteiger partial charge is 0.444 e. The van der Waals surface area contributed by atoms with Crippen molar-refractivity contribution in [3.8, 4) is 0 Å². The summed E-state index contributed by atoms with van der Waals surface area (Å²) in [6, 6.07) is 0.695. The minimum Gasteiger partial charge on any atom is -0.444 e. The van der Waals surface area contributed by atoms with Crippen LogP contribution in [-0.2, 0) is 9.47 Å². The highest BCUT2D eigenvalue weighted by Crippen LogP contribution is 2.44. The predicted octanol–water partition coefficient (Wildman–Crippen LogP) is 3.18. The zero-order chi connectivity index (χ0) is 17.4. The summed E-state index contributed by atoms with van der Waals surface area (Å²) in [6.07, 6.45) is 7.10. The van der Waals surface area contributed by atoms with Crippen molar-refractivity contribution in [2.24, 2.45) is 11.8 Å². The van der Waals surface area contributed by atoms with Gasteiger partial charge in [0.15, 0.2) is 0 Å². The molecule has 0 bridgehead atoms. The van der Waals surface area contributed by atoms with Crippen molar-refractivity contribution >= 4 is 6.09 Å². The van der Waals surface area contributed by atoms with E-state index in [1.54, 1.807) is 0 Å². The summed E-state index contributed by atoms with van der Waals surface area (Å²) in [5, 5.41) is 3.83. The van der Waals surface area contributed by atoms with Crippen LogP contribution in [0.25, 0.3) is 0 Å². The molecule has 2 saturated carbocycles. The van der Waals surface area contributed by atoms with Gasteiger partial charge in [0.2, 0.25) is 0 Å². The Morgan fingerprint density at radius 3 is 2.12 bits per heavy atom. The Kier molecular flexibility index (Phi) is 5.12. The maximum Gasteiger partial charge on any atom is 0.410 e. The third-order valence-electron chi connectivity index (χ3n) is 5.68. The van der Waals surface area contributed by atoms with Crippen LogP contribution in [0.3, 0.4) is 0 Å². The van der Waals surface area contributed by atoms with E-state index in [-0.39, 0.29) is 11.7 Å².